The van der Waals surface area contributed by atoms with Crippen LogP contribution in [0, 0.1) is 0 Å². The van der Waals surface area contributed by atoms with Gasteiger partial charge in [-0.25, -0.2) is 8.42 Å². The Morgan fingerprint density at radius 2 is 1.78 bits per heavy atom. The van der Waals surface area contributed by atoms with E-state index in [0.717, 1.165) is 17.6 Å². The summed E-state index contributed by atoms with van der Waals surface area (Å²) in [5, 5.41) is 9.55. The van der Waals surface area contributed by atoms with Crippen LogP contribution in [0.1, 0.15) is 10.5 Å². The Bertz CT molecular complexity index is 1060. The number of nitrogens with zero attached hydrogens (tertiary/aromatic N) is 1. The summed E-state index contributed by atoms with van der Waals surface area (Å²) >= 11 is 0. The first kappa shape index (κ1) is 18.5. The van der Waals surface area contributed by atoms with Crippen molar-refractivity contribution in [1.82, 2.24) is 10.2 Å². The fourth-order valence-electron chi connectivity index (χ4n) is 2.43. The smallest absolute Gasteiger partial charge is 0.276 e. The summed E-state index contributed by atoms with van der Waals surface area (Å²) < 4.78 is 30.1. The lowest BCUT2D eigenvalue weighted by Crippen LogP contribution is -2.13. The molecule has 3 N–H and O–H groups in total. The number of nitrogens with one attached hydrogen (secondary N) is 3. The van der Waals surface area contributed by atoms with E-state index in [1.54, 1.807) is 31.4 Å². The average Bonchev–Trinajstić information content (AvgIpc) is 3.11. The zero-order valence-electron chi connectivity index (χ0n) is 14.7. The lowest BCUT2D eigenvalue weighted by atomic mass is 10.1. The van der Waals surface area contributed by atoms with E-state index in [2.05, 4.69) is 20.2 Å². The highest BCUT2D eigenvalue weighted by molar-refractivity contribution is 7.92. The molecule has 1 amide bonds. The Balaban J connectivity index is 1.73. The largest absolute Gasteiger partial charge is 0.497 e. The minimum absolute atomic E-state index is 0.210. The molecule has 0 aliphatic carbocycles. The van der Waals surface area contributed by atoms with Crippen LogP contribution in [-0.2, 0) is 10.0 Å². The Hall–Kier alpha value is -3.33. The molecule has 0 fully saturated rings. The van der Waals surface area contributed by atoms with Crippen molar-refractivity contribution in [1.29, 1.82) is 0 Å². The summed E-state index contributed by atoms with van der Waals surface area (Å²) in [6.07, 6.45) is 1.06. The van der Waals surface area contributed by atoms with Gasteiger partial charge in [0.25, 0.3) is 5.91 Å². The van der Waals surface area contributed by atoms with Gasteiger partial charge < -0.3 is 10.1 Å². The van der Waals surface area contributed by atoms with Crippen LogP contribution in [0.5, 0.6) is 5.75 Å². The van der Waals surface area contributed by atoms with Crippen LogP contribution in [0.3, 0.4) is 0 Å². The van der Waals surface area contributed by atoms with Crippen molar-refractivity contribution in [2.24, 2.45) is 0 Å². The molecule has 0 aliphatic rings. The van der Waals surface area contributed by atoms with Crippen molar-refractivity contribution in [2.75, 3.05) is 23.4 Å². The molecule has 8 nitrogen and oxygen atoms in total. The number of hydrogen-bond acceptors (Lipinski definition) is 5. The first-order valence-electron chi connectivity index (χ1n) is 7.93. The molecule has 27 heavy (non-hydrogen) atoms. The van der Waals surface area contributed by atoms with Crippen LogP contribution < -0.4 is 14.8 Å². The molecule has 0 saturated heterocycles. The lowest BCUT2D eigenvalue weighted by Gasteiger charge is -2.07. The van der Waals surface area contributed by atoms with Gasteiger partial charge in [0, 0.05) is 5.69 Å². The Morgan fingerprint density at radius 3 is 2.44 bits per heavy atom. The van der Waals surface area contributed by atoms with E-state index in [4.69, 9.17) is 4.74 Å². The zero-order chi connectivity index (χ0) is 19.4. The van der Waals surface area contributed by atoms with Gasteiger partial charge in [-0.2, -0.15) is 5.10 Å². The second kappa shape index (κ2) is 7.50. The van der Waals surface area contributed by atoms with Gasteiger partial charge in [-0.05, 0) is 54.1 Å². The van der Waals surface area contributed by atoms with Crippen LogP contribution >= 0.6 is 0 Å². The number of aromatic nitrogens is 2. The average molecular weight is 386 g/mol. The molecule has 3 rings (SSSR count). The minimum Gasteiger partial charge on any atom is -0.497 e. The third-order valence-electron chi connectivity index (χ3n) is 3.64. The molecule has 3 aromatic rings. The van der Waals surface area contributed by atoms with Gasteiger partial charge in [-0.15, -0.1) is 0 Å². The summed E-state index contributed by atoms with van der Waals surface area (Å²) in [6.45, 7) is 0. The molecule has 0 unspecified atom stereocenters. The van der Waals surface area contributed by atoms with Crippen molar-refractivity contribution >= 4 is 27.3 Å². The molecule has 140 valence electrons. The van der Waals surface area contributed by atoms with Crippen molar-refractivity contribution in [3.63, 3.8) is 0 Å². The minimum atomic E-state index is -3.40. The van der Waals surface area contributed by atoms with E-state index >= 15 is 0 Å². The predicted molar refractivity (Wildman–Crippen MR) is 103 cm³/mol. The highest BCUT2D eigenvalue weighted by Crippen LogP contribution is 2.22. The first-order valence-corrected chi connectivity index (χ1v) is 9.82. The van der Waals surface area contributed by atoms with Crippen LogP contribution in [-0.4, -0.2) is 37.9 Å². The molecule has 0 saturated carbocycles. The normalized spacial score (nSPS) is 11.0. The quantitative estimate of drug-likeness (QED) is 0.603. The fourth-order valence-corrected chi connectivity index (χ4v) is 2.98. The van der Waals surface area contributed by atoms with Gasteiger partial charge in [0.2, 0.25) is 10.0 Å². The number of sulfonamides is 1. The first-order chi connectivity index (χ1) is 12.8. The number of anilines is 2. The number of ether oxygens (including phenoxy) is 1. The zero-order valence-corrected chi connectivity index (χ0v) is 15.5. The monoisotopic (exact) mass is 386 g/mol. The Kier molecular flexibility index (Phi) is 5.13. The molecule has 0 aliphatic heterocycles. The van der Waals surface area contributed by atoms with Crippen molar-refractivity contribution < 1.29 is 17.9 Å². The molecule has 1 aromatic heterocycles. The number of carbonyl (C=O) groups excluding carboxylic acids is 1. The number of benzene rings is 2. The van der Waals surface area contributed by atoms with E-state index in [1.165, 1.54) is 6.07 Å². The van der Waals surface area contributed by atoms with Gasteiger partial charge in [-0.3, -0.25) is 14.6 Å². The standard InChI is InChI=1S/C18H18N4O4S/c1-26-15-8-6-12(7-9-15)16-11-17(21-20-16)18(23)19-13-4-3-5-14(10-13)22-27(2,24)25/h3-11,22H,1-2H3,(H,19,23)(H,20,21). The number of H-pyrrole nitrogens is 1. The highest BCUT2D eigenvalue weighted by Gasteiger charge is 2.12. The maximum Gasteiger partial charge on any atom is 0.276 e. The number of methoxy groups -OCH3 is 1. The molecular formula is C18H18N4O4S. The Morgan fingerprint density at radius 1 is 1.07 bits per heavy atom. The van der Waals surface area contributed by atoms with E-state index in [1.807, 2.05) is 24.3 Å². The van der Waals surface area contributed by atoms with Crippen LogP contribution in [0.2, 0.25) is 0 Å². The second-order valence-electron chi connectivity index (χ2n) is 5.80. The molecule has 0 atom stereocenters. The van der Waals surface area contributed by atoms with E-state index in [9.17, 15) is 13.2 Å². The Labute approximate surface area is 156 Å². The summed E-state index contributed by atoms with van der Waals surface area (Å²) in [4.78, 5) is 12.4. The van der Waals surface area contributed by atoms with Gasteiger partial charge in [-0.1, -0.05) is 6.07 Å². The number of aromatic amines is 1. The van der Waals surface area contributed by atoms with Crippen LogP contribution in [0.15, 0.2) is 54.6 Å². The fraction of sp³-hybridized carbons (Fsp3) is 0.111. The summed E-state index contributed by atoms with van der Waals surface area (Å²) in [6, 6.07) is 15.4. The van der Waals surface area contributed by atoms with Gasteiger partial charge in [0.05, 0.1) is 24.7 Å². The van der Waals surface area contributed by atoms with E-state index < -0.39 is 15.9 Å². The number of carbonyl (C=O) groups is 1. The van der Waals surface area contributed by atoms with Crippen molar-refractivity contribution in [3.05, 3.63) is 60.3 Å². The molecule has 9 heteroatoms. The van der Waals surface area contributed by atoms with Crippen LogP contribution in [0.25, 0.3) is 11.3 Å². The van der Waals surface area contributed by atoms with E-state index in [-0.39, 0.29) is 5.69 Å². The highest BCUT2D eigenvalue weighted by atomic mass is 32.2. The number of rotatable bonds is 6. The lowest BCUT2D eigenvalue weighted by molar-refractivity contribution is 0.102. The SMILES string of the molecule is COc1ccc(-c2cc(C(=O)Nc3cccc(NS(C)(=O)=O)c3)n[nH]2)cc1. The summed E-state index contributed by atoms with van der Waals surface area (Å²) in [5.41, 5.74) is 2.57. The van der Waals surface area contributed by atoms with Crippen molar-refractivity contribution in [3.8, 4) is 17.0 Å². The molecule has 2 aromatic carbocycles. The number of amides is 1. The molecule has 0 radical (unpaired) electrons. The van der Waals surface area contributed by atoms with Crippen molar-refractivity contribution in [2.45, 2.75) is 0 Å². The molecule has 1 heterocycles. The number of hydrogen-bond donors (Lipinski definition) is 3. The van der Waals surface area contributed by atoms with Crippen LogP contribution in [0.4, 0.5) is 11.4 Å². The molecule has 0 bridgehead atoms. The maximum absolute atomic E-state index is 12.4. The third kappa shape index (κ3) is 4.85. The van der Waals surface area contributed by atoms with E-state index in [0.29, 0.717) is 17.1 Å². The summed E-state index contributed by atoms with van der Waals surface area (Å²) in [5.74, 6) is 0.321. The van der Waals surface area contributed by atoms with Gasteiger partial charge in [0.1, 0.15) is 5.75 Å². The third-order valence-corrected chi connectivity index (χ3v) is 4.24. The molecule has 0 spiro atoms. The van der Waals surface area contributed by atoms with Gasteiger partial charge >= 0.3 is 0 Å². The predicted octanol–water partition coefficient (Wildman–Crippen LogP) is 2.71. The second-order valence-corrected chi connectivity index (χ2v) is 7.55. The maximum atomic E-state index is 12.4. The molecular weight excluding hydrogens is 368 g/mol. The summed E-state index contributed by atoms with van der Waals surface area (Å²) in [7, 11) is -1.80. The van der Waals surface area contributed by atoms with Gasteiger partial charge in [0.15, 0.2) is 5.69 Å². The topological polar surface area (TPSA) is 113 Å².